The second-order valence-corrected chi connectivity index (χ2v) is 7.74. The second-order valence-electron chi connectivity index (χ2n) is 7.33. The Kier molecular flexibility index (Phi) is 6.75. The Morgan fingerprint density at radius 3 is 2.27 bits per heavy atom. The van der Waals surface area contributed by atoms with Crippen LogP contribution in [-0.2, 0) is 0 Å². The van der Waals surface area contributed by atoms with Crippen molar-refractivity contribution in [3.05, 3.63) is 96.4 Å². The van der Waals surface area contributed by atoms with Crippen molar-refractivity contribution in [1.29, 1.82) is 0 Å². The highest BCUT2D eigenvalue weighted by molar-refractivity contribution is 7.80. The molecule has 0 spiro atoms. The number of aromatic nitrogens is 1. The SMILES string of the molecule is CC(NC(=S)Nc1ccc(NC(=O)Oc2cc3ccccc3cn2)cc1)c1ccc(F)cc1. The zero-order valence-electron chi connectivity index (χ0n) is 17.7. The maximum absolute atomic E-state index is 13.1. The highest BCUT2D eigenvalue weighted by Crippen LogP contribution is 2.19. The predicted molar refractivity (Wildman–Crippen MR) is 132 cm³/mol. The summed E-state index contributed by atoms with van der Waals surface area (Å²) in [6, 6.07) is 22.6. The standard InChI is InChI=1S/C25H21FN4O2S/c1-16(17-6-8-20(26)9-7-17)28-24(33)29-21-10-12-22(13-11-21)30-25(31)32-23-14-18-4-2-3-5-19(18)15-27-23/h2-16H,1H3,(H,30,31)(H2,28,29,33). The van der Waals surface area contributed by atoms with Crippen LogP contribution in [0.15, 0.2) is 85.1 Å². The number of benzene rings is 3. The Morgan fingerprint density at radius 2 is 1.58 bits per heavy atom. The van der Waals surface area contributed by atoms with E-state index in [1.54, 1.807) is 48.7 Å². The highest BCUT2D eigenvalue weighted by atomic mass is 32.1. The third-order valence-corrected chi connectivity index (χ3v) is 5.13. The minimum absolute atomic E-state index is 0.0926. The van der Waals surface area contributed by atoms with E-state index in [9.17, 15) is 9.18 Å². The number of rotatable bonds is 5. The van der Waals surface area contributed by atoms with Gasteiger partial charge in [-0.2, -0.15) is 0 Å². The number of carbonyl (C=O) groups excluding carboxylic acids is 1. The van der Waals surface area contributed by atoms with Gasteiger partial charge < -0.3 is 15.4 Å². The van der Waals surface area contributed by atoms with Gasteiger partial charge in [0.15, 0.2) is 5.11 Å². The Bertz CT molecular complexity index is 1280. The molecule has 0 radical (unpaired) electrons. The fourth-order valence-electron chi connectivity index (χ4n) is 3.19. The molecule has 3 N–H and O–H groups in total. The molecule has 4 aromatic rings. The molecule has 1 unspecified atom stereocenters. The van der Waals surface area contributed by atoms with Crippen molar-refractivity contribution in [1.82, 2.24) is 10.3 Å². The van der Waals surface area contributed by atoms with Gasteiger partial charge in [-0.15, -0.1) is 0 Å². The second kappa shape index (κ2) is 10.1. The molecule has 1 amide bonds. The topological polar surface area (TPSA) is 75.3 Å². The number of nitrogens with zero attached hydrogens (tertiary/aromatic N) is 1. The van der Waals surface area contributed by atoms with Crippen LogP contribution in [0.4, 0.5) is 20.6 Å². The van der Waals surface area contributed by atoms with E-state index in [-0.39, 0.29) is 17.7 Å². The van der Waals surface area contributed by atoms with E-state index in [1.165, 1.54) is 12.1 Å². The Labute approximate surface area is 195 Å². The van der Waals surface area contributed by atoms with Gasteiger partial charge in [-0.1, -0.05) is 36.4 Å². The van der Waals surface area contributed by atoms with Crippen molar-refractivity contribution in [2.24, 2.45) is 0 Å². The highest BCUT2D eigenvalue weighted by Gasteiger charge is 2.09. The molecule has 0 fully saturated rings. The molecular formula is C25H21FN4O2S. The van der Waals surface area contributed by atoms with E-state index >= 15 is 0 Å². The molecule has 0 bridgehead atoms. The van der Waals surface area contributed by atoms with Crippen LogP contribution < -0.4 is 20.7 Å². The maximum atomic E-state index is 13.1. The normalized spacial score (nSPS) is 11.5. The lowest BCUT2D eigenvalue weighted by atomic mass is 10.1. The lowest BCUT2D eigenvalue weighted by Crippen LogP contribution is -2.30. The van der Waals surface area contributed by atoms with E-state index in [4.69, 9.17) is 17.0 Å². The minimum Gasteiger partial charge on any atom is -0.391 e. The zero-order valence-corrected chi connectivity index (χ0v) is 18.5. The zero-order chi connectivity index (χ0) is 23.2. The van der Waals surface area contributed by atoms with Gasteiger partial charge >= 0.3 is 6.09 Å². The Morgan fingerprint density at radius 1 is 0.939 bits per heavy atom. The number of nitrogens with one attached hydrogen (secondary N) is 3. The summed E-state index contributed by atoms with van der Waals surface area (Å²) in [4.78, 5) is 16.4. The van der Waals surface area contributed by atoms with E-state index in [2.05, 4.69) is 20.9 Å². The van der Waals surface area contributed by atoms with Gasteiger partial charge in [0.2, 0.25) is 5.88 Å². The number of hydrogen-bond acceptors (Lipinski definition) is 4. The summed E-state index contributed by atoms with van der Waals surface area (Å²) >= 11 is 5.35. The van der Waals surface area contributed by atoms with Crippen molar-refractivity contribution in [3.63, 3.8) is 0 Å². The third kappa shape index (κ3) is 6.02. The number of anilines is 2. The van der Waals surface area contributed by atoms with Gasteiger partial charge in [0.25, 0.3) is 0 Å². The van der Waals surface area contributed by atoms with E-state index in [0.29, 0.717) is 10.8 Å². The first-order chi connectivity index (χ1) is 16.0. The largest absolute Gasteiger partial charge is 0.418 e. The number of hydrogen-bond donors (Lipinski definition) is 3. The predicted octanol–water partition coefficient (Wildman–Crippen LogP) is 6.03. The van der Waals surface area contributed by atoms with Crippen molar-refractivity contribution < 1.29 is 13.9 Å². The van der Waals surface area contributed by atoms with E-state index in [1.807, 2.05) is 31.2 Å². The number of amides is 1. The van der Waals surface area contributed by atoms with Gasteiger partial charge in [-0.3, -0.25) is 5.32 Å². The number of halogens is 1. The summed E-state index contributed by atoms with van der Waals surface area (Å²) in [6.45, 7) is 1.93. The van der Waals surface area contributed by atoms with Crippen molar-refractivity contribution in [2.75, 3.05) is 10.6 Å². The average Bonchev–Trinajstić information content (AvgIpc) is 2.80. The monoisotopic (exact) mass is 460 g/mol. The van der Waals surface area contributed by atoms with E-state index < -0.39 is 6.09 Å². The van der Waals surface area contributed by atoms with Crippen LogP contribution in [-0.4, -0.2) is 16.2 Å². The third-order valence-electron chi connectivity index (χ3n) is 4.91. The number of carbonyl (C=O) groups is 1. The smallest absolute Gasteiger partial charge is 0.391 e. The van der Waals surface area contributed by atoms with Crippen LogP contribution in [0.2, 0.25) is 0 Å². The Hall–Kier alpha value is -4.04. The summed E-state index contributed by atoms with van der Waals surface area (Å²) < 4.78 is 18.4. The van der Waals surface area contributed by atoms with E-state index in [0.717, 1.165) is 22.0 Å². The Balaban J connectivity index is 1.29. The quantitative estimate of drug-likeness (QED) is 0.316. The lowest BCUT2D eigenvalue weighted by molar-refractivity contribution is 0.213. The molecule has 33 heavy (non-hydrogen) atoms. The van der Waals surface area contributed by atoms with Crippen LogP contribution in [0.25, 0.3) is 10.8 Å². The summed E-state index contributed by atoms with van der Waals surface area (Å²) in [5.41, 5.74) is 2.22. The van der Waals surface area contributed by atoms with Crippen LogP contribution in [0.5, 0.6) is 5.88 Å². The molecule has 0 saturated heterocycles. The van der Waals surface area contributed by atoms with Gasteiger partial charge in [-0.05, 0) is 66.5 Å². The molecule has 6 nitrogen and oxygen atoms in total. The lowest BCUT2D eigenvalue weighted by Gasteiger charge is -2.17. The number of pyridine rings is 1. The summed E-state index contributed by atoms with van der Waals surface area (Å²) in [6.07, 6.45) is 1.02. The molecule has 1 heterocycles. The molecule has 3 aromatic carbocycles. The summed E-state index contributed by atoms with van der Waals surface area (Å²) in [5, 5.41) is 11.2. The van der Waals surface area contributed by atoms with Crippen molar-refractivity contribution in [2.45, 2.75) is 13.0 Å². The fraction of sp³-hybridized carbons (Fsp3) is 0.0800. The van der Waals surface area contributed by atoms with Gasteiger partial charge in [0.1, 0.15) is 5.82 Å². The maximum Gasteiger partial charge on any atom is 0.418 e. The molecule has 4 rings (SSSR count). The molecule has 166 valence electrons. The first-order valence-electron chi connectivity index (χ1n) is 10.2. The number of fused-ring (bicyclic) bond motifs is 1. The van der Waals surface area contributed by atoms with Crippen molar-refractivity contribution in [3.8, 4) is 5.88 Å². The van der Waals surface area contributed by atoms with Crippen LogP contribution in [0, 0.1) is 5.82 Å². The van der Waals surface area contributed by atoms with Gasteiger partial charge in [0.05, 0.1) is 6.04 Å². The molecule has 0 saturated carbocycles. The molecule has 8 heteroatoms. The van der Waals surface area contributed by atoms with Gasteiger partial charge in [-0.25, -0.2) is 14.2 Å². The first kappa shape index (κ1) is 22.2. The van der Waals surface area contributed by atoms with Gasteiger partial charge in [0, 0.05) is 29.0 Å². The van der Waals surface area contributed by atoms with Crippen LogP contribution in [0.3, 0.4) is 0 Å². The average molecular weight is 461 g/mol. The molecule has 0 aliphatic rings. The number of thiocarbonyl (C=S) groups is 1. The minimum atomic E-state index is -0.635. The molecular weight excluding hydrogens is 439 g/mol. The fourth-order valence-corrected chi connectivity index (χ4v) is 3.49. The summed E-state index contributed by atoms with van der Waals surface area (Å²) in [5.74, 6) is -0.0612. The molecule has 1 aromatic heterocycles. The first-order valence-corrected chi connectivity index (χ1v) is 10.6. The van der Waals surface area contributed by atoms with Crippen molar-refractivity contribution >= 4 is 45.6 Å². The molecule has 1 atom stereocenters. The molecule has 0 aliphatic heterocycles. The summed E-state index contributed by atoms with van der Waals surface area (Å²) in [7, 11) is 0. The van der Waals surface area contributed by atoms with Crippen LogP contribution in [0.1, 0.15) is 18.5 Å². The number of ether oxygens (including phenoxy) is 1. The molecule has 0 aliphatic carbocycles. The van der Waals surface area contributed by atoms with Crippen LogP contribution >= 0.6 is 12.2 Å².